The molecule has 1 aromatic rings. The van der Waals surface area contributed by atoms with Crippen LogP contribution in [0.15, 0.2) is 0 Å². The molecule has 4 N–H and O–H groups in total. The number of fused-ring (bicyclic) bond motifs is 1. The highest BCUT2D eigenvalue weighted by molar-refractivity contribution is 5.70. The quantitative estimate of drug-likeness (QED) is 0.575. The minimum absolute atomic E-state index is 0.100. The van der Waals surface area contributed by atoms with E-state index in [0.717, 1.165) is 11.3 Å². The van der Waals surface area contributed by atoms with E-state index in [0.29, 0.717) is 18.8 Å². The lowest BCUT2D eigenvalue weighted by atomic mass is 10.1. The summed E-state index contributed by atoms with van der Waals surface area (Å²) in [7, 11) is 0. The Labute approximate surface area is 80.2 Å². The topological polar surface area (TPSA) is 101 Å². The first-order chi connectivity index (χ1) is 6.66. The van der Waals surface area contributed by atoms with Gasteiger partial charge in [0, 0.05) is 18.7 Å². The van der Waals surface area contributed by atoms with Gasteiger partial charge in [0.05, 0.1) is 17.8 Å². The van der Waals surface area contributed by atoms with Gasteiger partial charge < -0.3 is 16.2 Å². The standard InChI is InChI=1S/C8H10N4O2/c9-8-11-5(1-7(13)14)4-2-10-3-6(4)12-8/h10H,1-3H2,(H,13,14)(H2,9,11,12). The molecular formula is C8H10N4O2. The lowest BCUT2D eigenvalue weighted by molar-refractivity contribution is -0.136. The average molecular weight is 194 g/mol. The van der Waals surface area contributed by atoms with Gasteiger partial charge in [-0.3, -0.25) is 4.79 Å². The summed E-state index contributed by atoms with van der Waals surface area (Å²) < 4.78 is 0. The van der Waals surface area contributed by atoms with Crippen molar-refractivity contribution in [3.8, 4) is 0 Å². The first-order valence-corrected chi connectivity index (χ1v) is 4.23. The summed E-state index contributed by atoms with van der Waals surface area (Å²) in [6.07, 6.45) is -0.100. The van der Waals surface area contributed by atoms with Crippen molar-refractivity contribution < 1.29 is 9.90 Å². The van der Waals surface area contributed by atoms with Gasteiger partial charge >= 0.3 is 5.97 Å². The predicted molar refractivity (Wildman–Crippen MR) is 48.3 cm³/mol. The second kappa shape index (κ2) is 3.22. The van der Waals surface area contributed by atoms with Crippen molar-refractivity contribution in [2.24, 2.45) is 0 Å². The van der Waals surface area contributed by atoms with E-state index in [1.165, 1.54) is 0 Å². The maximum absolute atomic E-state index is 10.6. The van der Waals surface area contributed by atoms with Crippen molar-refractivity contribution in [1.29, 1.82) is 0 Å². The average Bonchev–Trinajstić information content (AvgIpc) is 2.50. The van der Waals surface area contributed by atoms with Crippen molar-refractivity contribution >= 4 is 11.9 Å². The Hall–Kier alpha value is -1.69. The van der Waals surface area contributed by atoms with Crippen molar-refractivity contribution in [2.75, 3.05) is 5.73 Å². The first-order valence-electron chi connectivity index (χ1n) is 4.23. The number of rotatable bonds is 2. The molecule has 74 valence electrons. The first kappa shape index (κ1) is 8.89. The van der Waals surface area contributed by atoms with Crippen LogP contribution in [0.3, 0.4) is 0 Å². The second-order valence-electron chi connectivity index (χ2n) is 3.13. The molecule has 0 amide bonds. The molecule has 0 saturated heterocycles. The number of hydrogen-bond acceptors (Lipinski definition) is 5. The van der Waals surface area contributed by atoms with E-state index >= 15 is 0 Å². The third-order valence-electron chi connectivity index (χ3n) is 2.11. The predicted octanol–water partition coefficient (Wildman–Crippen LogP) is -0.711. The van der Waals surface area contributed by atoms with Crippen LogP contribution in [0, 0.1) is 0 Å². The molecule has 0 spiro atoms. The van der Waals surface area contributed by atoms with E-state index in [2.05, 4.69) is 15.3 Å². The molecule has 0 unspecified atom stereocenters. The van der Waals surface area contributed by atoms with Gasteiger partial charge in [-0.1, -0.05) is 0 Å². The lowest BCUT2D eigenvalue weighted by Gasteiger charge is -2.04. The number of nitrogens with one attached hydrogen (secondary N) is 1. The van der Waals surface area contributed by atoms with E-state index in [4.69, 9.17) is 10.8 Å². The smallest absolute Gasteiger partial charge is 0.309 e. The zero-order chi connectivity index (χ0) is 10.1. The second-order valence-corrected chi connectivity index (χ2v) is 3.13. The molecule has 0 radical (unpaired) electrons. The van der Waals surface area contributed by atoms with E-state index in [1.807, 2.05) is 0 Å². The van der Waals surface area contributed by atoms with Gasteiger partial charge in [-0.25, -0.2) is 9.97 Å². The van der Waals surface area contributed by atoms with Gasteiger partial charge in [-0.05, 0) is 0 Å². The SMILES string of the molecule is Nc1nc2c(c(CC(=O)O)n1)CNC2. The number of nitrogen functional groups attached to an aromatic ring is 1. The fourth-order valence-corrected chi connectivity index (χ4v) is 1.55. The summed E-state index contributed by atoms with van der Waals surface area (Å²) in [6, 6.07) is 0. The van der Waals surface area contributed by atoms with Crippen LogP contribution in [0.1, 0.15) is 17.0 Å². The normalized spacial score (nSPS) is 14.0. The van der Waals surface area contributed by atoms with Gasteiger partial charge in [0.15, 0.2) is 0 Å². The zero-order valence-electron chi connectivity index (χ0n) is 7.45. The fourth-order valence-electron chi connectivity index (χ4n) is 1.55. The summed E-state index contributed by atoms with van der Waals surface area (Å²) in [5.41, 5.74) is 7.67. The Morgan fingerprint density at radius 2 is 2.29 bits per heavy atom. The Morgan fingerprint density at radius 1 is 1.50 bits per heavy atom. The Kier molecular flexibility index (Phi) is 2.05. The summed E-state index contributed by atoms with van der Waals surface area (Å²) in [6.45, 7) is 1.26. The minimum Gasteiger partial charge on any atom is -0.481 e. The van der Waals surface area contributed by atoms with Gasteiger partial charge in [0.2, 0.25) is 5.95 Å². The largest absolute Gasteiger partial charge is 0.481 e. The van der Waals surface area contributed by atoms with Crippen molar-refractivity contribution in [1.82, 2.24) is 15.3 Å². The Morgan fingerprint density at radius 3 is 3.00 bits per heavy atom. The van der Waals surface area contributed by atoms with Crippen LogP contribution >= 0.6 is 0 Å². The minimum atomic E-state index is -0.905. The molecule has 1 aliphatic heterocycles. The van der Waals surface area contributed by atoms with Crippen LogP contribution in [0.25, 0.3) is 0 Å². The molecule has 6 heteroatoms. The third-order valence-corrected chi connectivity index (χ3v) is 2.11. The summed E-state index contributed by atoms with van der Waals surface area (Å²) in [5.74, 6) is -0.763. The molecule has 2 rings (SSSR count). The third kappa shape index (κ3) is 1.51. The van der Waals surface area contributed by atoms with Gasteiger partial charge in [0.25, 0.3) is 0 Å². The summed E-state index contributed by atoms with van der Waals surface area (Å²) in [4.78, 5) is 18.5. The molecule has 1 aromatic heterocycles. The molecule has 0 aromatic carbocycles. The molecule has 14 heavy (non-hydrogen) atoms. The van der Waals surface area contributed by atoms with Crippen LogP contribution in [0.4, 0.5) is 5.95 Å². The maximum Gasteiger partial charge on any atom is 0.309 e. The number of carboxylic acid groups (broad SMARTS) is 1. The number of anilines is 1. The Balaban J connectivity index is 2.43. The van der Waals surface area contributed by atoms with Crippen molar-refractivity contribution in [2.45, 2.75) is 19.5 Å². The summed E-state index contributed by atoms with van der Waals surface area (Å²) >= 11 is 0. The number of aromatic nitrogens is 2. The van der Waals surface area contributed by atoms with Gasteiger partial charge in [-0.15, -0.1) is 0 Å². The van der Waals surface area contributed by atoms with E-state index < -0.39 is 5.97 Å². The van der Waals surface area contributed by atoms with Gasteiger partial charge in [-0.2, -0.15) is 0 Å². The number of nitrogens with zero attached hydrogens (tertiary/aromatic N) is 2. The number of aliphatic carboxylic acids is 1. The van der Waals surface area contributed by atoms with Crippen LogP contribution in [0.2, 0.25) is 0 Å². The Bertz CT molecular complexity index is 391. The van der Waals surface area contributed by atoms with Crippen LogP contribution in [-0.4, -0.2) is 21.0 Å². The number of hydrogen-bond donors (Lipinski definition) is 3. The molecule has 2 heterocycles. The lowest BCUT2D eigenvalue weighted by Crippen LogP contribution is -2.10. The molecular weight excluding hydrogens is 184 g/mol. The molecule has 0 aliphatic carbocycles. The van der Waals surface area contributed by atoms with E-state index in [9.17, 15) is 4.79 Å². The fraction of sp³-hybridized carbons (Fsp3) is 0.375. The highest BCUT2D eigenvalue weighted by Crippen LogP contribution is 2.17. The number of nitrogens with two attached hydrogens (primary N) is 1. The molecule has 0 fully saturated rings. The maximum atomic E-state index is 10.6. The monoisotopic (exact) mass is 194 g/mol. The van der Waals surface area contributed by atoms with E-state index in [-0.39, 0.29) is 12.4 Å². The highest BCUT2D eigenvalue weighted by atomic mass is 16.4. The number of carbonyl (C=O) groups is 1. The molecule has 0 bridgehead atoms. The zero-order valence-corrected chi connectivity index (χ0v) is 7.45. The van der Waals surface area contributed by atoms with Crippen LogP contribution < -0.4 is 11.1 Å². The van der Waals surface area contributed by atoms with Crippen molar-refractivity contribution in [3.63, 3.8) is 0 Å². The highest BCUT2D eigenvalue weighted by Gasteiger charge is 2.19. The van der Waals surface area contributed by atoms with Gasteiger partial charge in [0.1, 0.15) is 0 Å². The summed E-state index contributed by atoms with van der Waals surface area (Å²) in [5, 5.41) is 11.7. The van der Waals surface area contributed by atoms with Crippen LogP contribution in [0.5, 0.6) is 0 Å². The number of carboxylic acids is 1. The molecule has 6 nitrogen and oxygen atoms in total. The van der Waals surface area contributed by atoms with Crippen molar-refractivity contribution in [3.05, 3.63) is 17.0 Å². The van der Waals surface area contributed by atoms with E-state index in [1.54, 1.807) is 0 Å². The molecule has 0 atom stereocenters. The molecule has 0 saturated carbocycles. The molecule has 1 aliphatic rings. The van der Waals surface area contributed by atoms with Crippen LogP contribution in [-0.2, 0) is 24.3 Å².